The lowest BCUT2D eigenvalue weighted by atomic mass is 9.70. The fourth-order valence-electron chi connectivity index (χ4n) is 4.70. The number of allylic oxidation sites excluding steroid dienone is 22. The molecule has 226 valence electrons. The van der Waals surface area contributed by atoms with Gasteiger partial charge >= 0.3 is 0 Å². The first-order valence-corrected chi connectivity index (χ1v) is 15.2. The molecule has 0 amide bonds. The molecule has 0 radical (unpaired) electrons. The van der Waals surface area contributed by atoms with Crippen LogP contribution in [0.1, 0.15) is 82.1 Å². The van der Waals surface area contributed by atoms with Crippen LogP contribution in [0, 0.1) is 5.41 Å². The molecule has 1 N–H and O–H groups in total. The predicted octanol–water partition coefficient (Wildman–Crippen LogP) is 10.7. The van der Waals surface area contributed by atoms with Gasteiger partial charge in [0.15, 0.2) is 0 Å². The quantitative estimate of drug-likeness (QED) is 0.188. The van der Waals surface area contributed by atoms with E-state index in [4.69, 9.17) is 4.74 Å². The largest absolute Gasteiger partial charge is 0.392 e. The molecule has 0 bridgehead atoms. The fraction of sp³-hybridized carbons (Fsp3) is 0.400. The van der Waals surface area contributed by atoms with Crippen molar-refractivity contribution in [1.29, 1.82) is 0 Å². The van der Waals surface area contributed by atoms with Crippen LogP contribution in [0.25, 0.3) is 0 Å². The van der Waals surface area contributed by atoms with Crippen molar-refractivity contribution in [2.75, 3.05) is 0 Å². The number of hydrogen-bond acceptors (Lipinski definition) is 2. The number of epoxide rings is 1. The Morgan fingerprint density at radius 3 is 1.52 bits per heavy atom. The van der Waals surface area contributed by atoms with Gasteiger partial charge < -0.3 is 9.84 Å². The average Bonchev–Trinajstić information content (AvgIpc) is 3.53. The van der Waals surface area contributed by atoms with Gasteiger partial charge in [-0.05, 0) is 73.8 Å². The van der Waals surface area contributed by atoms with E-state index in [0.717, 1.165) is 12.8 Å². The lowest BCUT2D eigenvalue weighted by molar-refractivity contribution is 0.0607. The first-order chi connectivity index (χ1) is 19.7. The number of aliphatic hydroxyl groups is 1. The lowest BCUT2D eigenvalue weighted by Gasteiger charge is -2.37. The molecular formula is C40H54O2. The minimum atomic E-state index is -0.282. The standard InChI is InChI=1S/C40H54O2/c1-30(18-13-20-32(3)21-15-23-34(5)25-29-38-40(9,10)42-38)16-11-12-17-31(2)19-14-22-33(4)24-27-36-35(6)26-28-37(41)39(36,7)8/h11-25,27,29,37-38,41H,26,28H2,1-10H3. The molecule has 2 rings (SSSR count). The minimum Gasteiger partial charge on any atom is -0.392 e. The van der Waals surface area contributed by atoms with Crippen LogP contribution in [0.3, 0.4) is 0 Å². The van der Waals surface area contributed by atoms with E-state index in [-0.39, 0.29) is 23.2 Å². The summed E-state index contributed by atoms with van der Waals surface area (Å²) in [4.78, 5) is 0. The normalized spacial score (nSPS) is 24.7. The summed E-state index contributed by atoms with van der Waals surface area (Å²) in [6.07, 6.45) is 37.7. The molecule has 2 nitrogen and oxygen atoms in total. The summed E-state index contributed by atoms with van der Waals surface area (Å²) in [5, 5.41) is 10.4. The number of rotatable bonds is 12. The third kappa shape index (κ3) is 12.3. The summed E-state index contributed by atoms with van der Waals surface area (Å²) in [7, 11) is 0. The van der Waals surface area contributed by atoms with E-state index < -0.39 is 0 Å². The van der Waals surface area contributed by atoms with Crippen LogP contribution in [0.15, 0.2) is 142 Å². The van der Waals surface area contributed by atoms with Crippen LogP contribution in [-0.4, -0.2) is 22.9 Å². The van der Waals surface area contributed by atoms with Gasteiger partial charge in [-0.1, -0.05) is 151 Å². The van der Waals surface area contributed by atoms with E-state index >= 15 is 0 Å². The molecule has 0 aromatic heterocycles. The lowest BCUT2D eigenvalue weighted by Crippen LogP contribution is -2.34. The van der Waals surface area contributed by atoms with Crippen molar-refractivity contribution < 1.29 is 9.84 Å². The Bertz CT molecular complexity index is 1300. The molecule has 1 heterocycles. The van der Waals surface area contributed by atoms with Crippen LogP contribution in [-0.2, 0) is 4.74 Å². The third-order valence-electron chi connectivity index (χ3n) is 7.87. The second-order valence-corrected chi connectivity index (χ2v) is 12.8. The zero-order chi connectivity index (χ0) is 31.3. The first kappa shape index (κ1) is 35.0. The Balaban J connectivity index is 1.83. The molecule has 2 aliphatic rings. The molecule has 2 heteroatoms. The summed E-state index contributed by atoms with van der Waals surface area (Å²) in [5.41, 5.74) is 8.41. The summed E-state index contributed by atoms with van der Waals surface area (Å²) in [6, 6.07) is 0. The van der Waals surface area contributed by atoms with Crippen LogP contribution >= 0.6 is 0 Å². The zero-order valence-corrected chi connectivity index (χ0v) is 27.7. The summed E-state index contributed by atoms with van der Waals surface area (Å²) >= 11 is 0. The molecule has 2 atom stereocenters. The highest BCUT2D eigenvalue weighted by Crippen LogP contribution is 2.41. The van der Waals surface area contributed by atoms with Gasteiger partial charge in [-0.3, -0.25) is 0 Å². The van der Waals surface area contributed by atoms with E-state index in [1.165, 1.54) is 39.0 Å². The molecule has 0 aromatic carbocycles. The molecule has 1 fully saturated rings. The fourth-order valence-corrected chi connectivity index (χ4v) is 4.70. The van der Waals surface area contributed by atoms with Crippen LogP contribution in [0.5, 0.6) is 0 Å². The highest BCUT2D eigenvalue weighted by Gasteiger charge is 2.45. The van der Waals surface area contributed by atoms with Crippen LogP contribution < -0.4 is 0 Å². The summed E-state index contributed by atoms with van der Waals surface area (Å²) in [6.45, 7) is 21.2. The van der Waals surface area contributed by atoms with Gasteiger partial charge in [0.25, 0.3) is 0 Å². The van der Waals surface area contributed by atoms with Crippen molar-refractivity contribution in [2.24, 2.45) is 5.41 Å². The second kappa shape index (κ2) is 16.4. The number of hydrogen-bond donors (Lipinski definition) is 1. The molecule has 1 saturated heterocycles. The Kier molecular flexibility index (Phi) is 13.7. The first-order valence-electron chi connectivity index (χ1n) is 15.2. The van der Waals surface area contributed by atoms with Gasteiger partial charge in [-0.15, -0.1) is 0 Å². The Labute approximate surface area is 257 Å². The van der Waals surface area contributed by atoms with E-state index in [9.17, 15) is 5.11 Å². The maximum Gasteiger partial charge on any atom is 0.105 e. The zero-order valence-electron chi connectivity index (χ0n) is 27.7. The number of ether oxygens (including phenoxy) is 1. The molecule has 2 unspecified atom stereocenters. The average molecular weight is 567 g/mol. The van der Waals surface area contributed by atoms with Gasteiger partial charge in [0.1, 0.15) is 6.10 Å². The van der Waals surface area contributed by atoms with Crippen molar-refractivity contribution in [3.63, 3.8) is 0 Å². The van der Waals surface area contributed by atoms with Crippen molar-refractivity contribution in [3.05, 3.63) is 142 Å². The molecule has 1 aliphatic heterocycles. The third-order valence-corrected chi connectivity index (χ3v) is 7.87. The molecule has 0 aromatic rings. The van der Waals surface area contributed by atoms with Gasteiger partial charge in [0.05, 0.1) is 11.7 Å². The van der Waals surface area contributed by atoms with Crippen molar-refractivity contribution in [1.82, 2.24) is 0 Å². The molecule has 0 spiro atoms. The molecule has 0 saturated carbocycles. The summed E-state index contributed by atoms with van der Waals surface area (Å²) < 4.78 is 5.58. The Morgan fingerprint density at radius 2 is 1.07 bits per heavy atom. The maximum atomic E-state index is 10.4. The highest BCUT2D eigenvalue weighted by molar-refractivity contribution is 5.38. The highest BCUT2D eigenvalue weighted by atomic mass is 16.6. The van der Waals surface area contributed by atoms with Gasteiger partial charge in [-0.25, -0.2) is 0 Å². The minimum absolute atomic E-state index is 0.000353. The van der Waals surface area contributed by atoms with Crippen molar-refractivity contribution in [2.45, 2.75) is 99.9 Å². The van der Waals surface area contributed by atoms with E-state index in [2.05, 4.69) is 173 Å². The summed E-state index contributed by atoms with van der Waals surface area (Å²) in [5.74, 6) is 0. The van der Waals surface area contributed by atoms with Crippen LogP contribution in [0.4, 0.5) is 0 Å². The van der Waals surface area contributed by atoms with Gasteiger partial charge in [-0.2, -0.15) is 0 Å². The van der Waals surface area contributed by atoms with Gasteiger partial charge in [0, 0.05) is 5.41 Å². The molecule has 1 aliphatic carbocycles. The van der Waals surface area contributed by atoms with Crippen molar-refractivity contribution in [3.8, 4) is 0 Å². The Morgan fingerprint density at radius 1 is 0.667 bits per heavy atom. The molecule has 42 heavy (non-hydrogen) atoms. The maximum absolute atomic E-state index is 10.4. The van der Waals surface area contributed by atoms with Crippen LogP contribution in [0.2, 0.25) is 0 Å². The smallest absolute Gasteiger partial charge is 0.105 e. The molecular weight excluding hydrogens is 512 g/mol. The predicted molar refractivity (Wildman–Crippen MR) is 184 cm³/mol. The number of aliphatic hydroxyl groups excluding tert-OH is 1. The second-order valence-electron chi connectivity index (χ2n) is 12.8. The monoisotopic (exact) mass is 566 g/mol. The van der Waals surface area contributed by atoms with E-state index in [0.29, 0.717) is 0 Å². The van der Waals surface area contributed by atoms with E-state index in [1.54, 1.807) is 0 Å². The topological polar surface area (TPSA) is 32.8 Å². The van der Waals surface area contributed by atoms with Gasteiger partial charge in [0.2, 0.25) is 0 Å². The van der Waals surface area contributed by atoms with E-state index in [1.807, 2.05) is 0 Å². The Hall–Kier alpha value is -3.20. The SMILES string of the molecule is CC(C=CC=C(C)C=CC=C(C)C=CC1OC1(C)C)=CC=CC=C(C)C=CC=C(C)C=CC1=C(C)CCC(O)C1(C)C. The van der Waals surface area contributed by atoms with Crippen molar-refractivity contribution >= 4 is 0 Å².